The van der Waals surface area contributed by atoms with Crippen LogP contribution in [-0.4, -0.2) is 20.0 Å². The van der Waals surface area contributed by atoms with Gasteiger partial charge in [0.15, 0.2) is 5.58 Å². The van der Waals surface area contributed by atoms with Gasteiger partial charge in [0.25, 0.3) is 0 Å². The third-order valence-corrected chi connectivity index (χ3v) is 5.27. The molecule has 0 aliphatic heterocycles. The van der Waals surface area contributed by atoms with Crippen molar-refractivity contribution >= 4 is 21.2 Å². The summed E-state index contributed by atoms with van der Waals surface area (Å²) < 4.78 is 41.4. The van der Waals surface area contributed by atoms with Crippen molar-refractivity contribution in [3.8, 4) is 23.0 Å². The maximum atomic E-state index is 12.5. The Morgan fingerprint density at radius 1 is 0.929 bits per heavy atom. The Hall–Kier alpha value is -3.32. The molecule has 0 atom stereocenters. The van der Waals surface area contributed by atoms with Gasteiger partial charge in [-0.05, 0) is 55.5 Å². The number of ether oxygens (including phenoxy) is 1. The molecule has 0 saturated carbocycles. The summed E-state index contributed by atoms with van der Waals surface area (Å²) in [5.74, 6) is 1.21. The summed E-state index contributed by atoms with van der Waals surface area (Å²) in [4.78, 5) is 4.46. The van der Waals surface area contributed by atoms with E-state index in [0.717, 1.165) is 5.56 Å². The lowest BCUT2D eigenvalue weighted by Crippen LogP contribution is -2.09. The largest absolute Gasteiger partial charge is 0.494 e. The van der Waals surface area contributed by atoms with Crippen LogP contribution in [0.4, 0.5) is 0 Å². The van der Waals surface area contributed by atoms with Crippen molar-refractivity contribution in [2.24, 2.45) is 0 Å². The Morgan fingerprint density at radius 2 is 1.64 bits per heavy atom. The van der Waals surface area contributed by atoms with Crippen molar-refractivity contribution in [2.75, 3.05) is 6.61 Å². The maximum absolute atomic E-state index is 12.5. The molecule has 6 nitrogen and oxygen atoms in total. The predicted octanol–water partition coefficient (Wildman–Crippen LogP) is 4.66. The van der Waals surface area contributed by atoms with Crippen LogP contribution in [0.3, 0.4) is 0 Å². The number of oxazole rings is 1. The molecule has 4 aromatic rings. The van der Waals surface area contributed by atoms with E-state index in [1.54, 1.807) is 24.3 Å². The summed E-state index contributed by atoms with van der Waals surface area (Å²) in [6.45, 7) is 2.36. The van der Waals surface area contributed by atoms with Gasteiger partial charge in [-0.15, -0.1) is 0 Å². The minimum absolute atomic E-state index is 0.0404. The van der Waals surface area contributed by atoms with E-state index in [2.05, 4.69) is 4.98 Å². The number of benzene rings is 3. The van der Waals surface area contributed by atoms with E-state index in [4.69, 9.17) is 13.3 Å². The second-order valence-electron chi connectivity index (χ2n) is 5.96. The van der Waals surface area contributed by atoms with E-state index >= 15 is 0 Å². The Labute approximate surface area is 162 Å². The monoisotopic (exact) mass is 395 g/mol. The first-order valence-electron chi connectivity index (χ1n) is 8.68. The normalized spacial score (nSPS) is 11.5. The average Bonchev–Trinajstić information content (AvgIpc) is 3.12. The fraction of sp³-hybridized carbons (Fsp3) is 0.0952. The molecule has 0 bridgehead atoms. The van der Waals surface area contributed by atoms with E-state index in [9.17, 15) is 8.42 Å². The van der Waals surface area contributed by atoms with Crippen LogP contribution in [0.15, 0.2) is 82.1 Å². The lowest BCUT2D eigenvalue weighted by molar-refractivity contribution is 0.340. The third kappa shape index (κ3) is 3.70. The SMILES string of the molecule is CCOc1ccc(S(=O)(=O)Oc2ccc3nc(-c4ccccc4)oc3c2)cc1. The minimum Gasteiger partial charge on any atom is -0.494 e. The van der Waals surface area contributed by atoms with Crippen LogP contribution in [0.2, 0.25) is 0 Å². The van der Waals surface area contributed by atoms with Gasteiger partial charge in [0.05, 0.1) is 6.61 Å². The van der Waals surface area contributed by atoms with Crippen molar-refractivity contribution in [1.29, 1.82) is 0 Å². The maximum Gasteiger partial charge on any atom is 0.339 e. The van der Waals surface area contributed by atoms with Crippen molar-refractivity contribution in [2.45, 2.75) is 11.8 Å². The highest BCUT2D eigenvalue weighted by Crippen LogP contribution is 2.28. The second-order valence-corrected chi connectivity index (χ2v) is 7.50. The van der Waals surface area contributed by atoms with Gasteiger partial charge in [0.1, 0.15) is 21.9 Å². The van der Waals surface area contributed by atoms with Gasteiger partial charge in [-0.2, -0.15) is 8.42 Å². The van der Waals surface area contributed by atoms with Gasteiger partial charge >= 0.3 is 10.1 Å². The van der Waals surface area contributed by atoms with Crippen molar-refractivity contribution in [3.63, 3.8) is 0 Å². The predicted molar refractivity (Wildman–Crippen MR) is 105 cm³/mol. The van der Waals surface area contributed by atoms with Crippen LogP contribution in [-0.2, 0) is 10.1 Å². The fourth-order valence-corrected chi connectivity index (χ4v) is 3.63. The Bertz CT molecular complexity index is 1200. The number of aromatic nitrogens is 1. The number of rotatable bonds is 6. The van der Waals surface area contributed by atoms with Crippen molar-refractivity contribution in [3.05, 3.63) is 72.8 Å². The molecular formula is C21H17NO5S. The Kier molecular flexibility index (Phi) is 4.75. The molecule has 0 unspecified atom stereocenters. The lowest BCUT2D eigenvalue weighted by Gasteiger charge is -2.08. The van der Waals surface area contributed by atoms with Gasteiger partial charge in [-0.3, -0.25) is 0 Å². The van der Waals surface area contributed by atoms with Gasteiger partial charge < -0.3 is 13.3 Å². The molecule has 28 heavy (non-hydrogen) atoms. The van der Waals surface area contributed by atoms with E-state index in [1.165, 1.54) is 18.2 Å². The highest BCUT2D eigenvalue weighted by atomic mass is 32.2. The van der Waals surface area contributed by atoms with Crippen molar-refractivity contribution < 1.29 is 21.8 Å². The highest BCUT2D eigenvalue weighted by molar-refractivity contribution is 7.87. The highest BCUT2D eigenvalue weighted by Gasteiger charge is 2.18. The summed E-state index contributed by atoms with van der Waals surface area (Å²) >= 11 is 0. The fourth-order valence-electron chi connectivity index (χ4n) is 2.70. The van der Waals surface area contributed by atoms with Gasteiger partial charge in [-0.1, -0.05) is 18.2 Å². The third-order valence-electron chi connectivity index (χ3n) is 4.01. The van der Waals surface area contributed by atoms with E-state index in [1.807, 2.05) is 37.3 Å². The number of fused-ring (bicyclic) bond motifs is 1. The topological polar surface area (TPSA) is 78.6 Å². The zero-order valence-electron chi connectivity index (χ0n) is 15.0. The molecule has 1 aromatic heterocycles. The van der Waals surface area contributed by atoms with Gasteiger partial charge in [0.2, 0.25) is 5.89 Å². The smallest absolute Gasteiger partial charge is 0.339 e. The Balaban J connectivity index is 1.60. The number of hydrogen-bond acceptors (Lipinski definition) is 6. The van der Waals surface area contributed by atoms with Crippen LogP contribution in [0.1, 0.15) is 6.92 Å². The number of nitrogens with zero attached hydrogens (tertiary/aromatic N) is 1. The molecule has 0 spiro atoms. The first kappa shape index (κ1) is 18.1. The summed E-state index contributed by atoms with van der Waals surface area (Å²) in [5, 5.41) is 0. The Morgan fingerprint density at radius 3 is 2.36 bits per heavy atom. The van der Waals surface area contributed by atoms with Crippen LogP contribution >= 0.6 is 0 Å². The molecule has 0 radical (unpaired) electrons. The van der Waals surface area contributed by atoms with E-state index in [-0.39, 0.29) is 10.6 Å². The lowest BCUT2D eigenvalue weighted by atomic mass is 10.2. The molecule has 0 N–H and O–H groups in total. The standard InChI is InChI=1S/C21H17NO5S/c1-2-25-16-8-11-18(12-9-16)28(23,24)27-17-10-13-19-20(14-17)26-21(22-19)15-6-4-3-5-7-15/h3-14H,2H2,1H3. The molecule has 0 saturated heterocycles. The van der Waals surface area contributed by atoms with Crippen LogP contribution < -0.4 is 8.92 Å². The zero-order chi connectivity index (χ0) is 19.6. The van der Waals surface area contributed by atoms with Crippen LogP contribution in [0.5, 0.6) is 11.5 Å². The summed E-state index contributed by atoms with van der Waals surface area (Å²) in [7, 11) is -3.98. The quantitative estimate of drug-likeness (QED) is 0.442. The number of hydrogen-bond donors (Lipinski definition) is 0. The van der Waals surface area contributed by atoms with Crippen LogP contribution in [0.25, 0.3) is 22.6 Å². The summed E-state index contributed by atoms with van der Waals surface area (Å²) in [6, 6.07) is 20.3. The first-order valence-corrected chi connectivity index (χ1v) is 10.1. The van der Waals surface area contributed by atoms with Crippen molar-refractivity contribution in [1.82, 2.24) is 4.98 Å². The van der Waals surface area contributed by atoms with Crippen LogP contribution in [0, 0.1) is 0 Å². The van der Waals surface area contributed by atoms with Gasteiger partial charge in [-0.25, -0.2) is 4.98 Å². The molecule has 0 fully saturated rings. The second kappa shape index (κ2) is 7.36. The first-order chi connectivity index (χ1) is 13.5. The molecular weight excluding hydrogens is 378 g/mol. The minimum atomic E-state index is -3.98. The summed E-state index contributed by atoms with van der Waals surface area (Å²) in [5.41, 5.74) is 1.89. The molecule has 142 valence electrons. The van der Waals surface area contributed by atoms with E-state index in [0.29, 0.717) is 29.3 Å². The molecule has 4 rings (SSSR count). The molecule has 1 heterocycles. The zero-order valence-corrected chi connectivity index (χ0v) is 15.8. The molecule has 0 amide bonds. The average molecular weight is 395 g/mol. The molecule has 0 aliphatic rings. The molecule has 7 heteroatoms. The summed E-state index contributed by atoms with van der Waals surface area (Å²) in [6.07, 6.45) is 0. The van der Waals surface area contributed by atoms with Gasteiger partial charge in [0, 0.05) is 11.6 Å². The molecule has 0 aliphatic carbocycles. The molecule has 3 aromatic carbocycles. The van der Waals surface area contributed by atoms with E-state index < -0.39 is 10.1 Å².